The summed E-state index contributed by atoms with van der Waals surface area (Å²) in [5.74, 6) is -0.672. The Morgan fingerprint density at radius 3 is 2.78 bits per heavy atom. The molecule has 134 valence electrons. The number of hydrazone groups is 1. The molecular formula is C20H15N3O3S. The summed E-state index contributed by atoms with van der Waals surface area (Å²) < 4.78 is 6.46. The van der Waals surface area contributed by atoms with Crippen molar-refractivity contribution < 1.29 is 14.3 Å². The van der Waals surface area contributed by atoms with E-state index < -0.39 is 5.97 Å². The Morgan fingerprint density at radius 1 is 1.15 bits per heavy atom. The standard InChI is InChI=1S/C20H15N3O3S/c1-12(22-23-20-21-15-7-2-3-8-18(15)27-20)13-5-4-6-14(11-13)16-9-10-17(26-16)19(24)25/h2-11H,1H3,(H,21,23)(H,24,25)/b22-12+. The van der Waals surface area contributed by atoms with Gasteiger partial charge in [0.05, 0.1) is 15.9 Å². The van der Waals surface area contributed by atoms with Crippen molar-refractivity contribution in [1.82, 2.24) is 4.98 Å². The molecule has 0 spiro atoms. The highest BCUT2D eigenvalue weighted by molar-refractivity contribution is 7.22. The SMILES string of the molecule is C/C(=N\Nc1nc2ccccc2s1)c1cccc(-c2ccc(C(=O)O)o2)c1. The molecule has 27 heavy (non-hydrogen) atoms. The van der Waals surface area contributed by atoms with Gasteiger partial charge in [0.15, 0.2) is 0 Å². The molecule has 7 heteroatoms. The van der Waals surface area contributed by atoms with E-state index in [-0.39, 0.29) is 5.76 Å². The molecule has 6 nitrogen and oxygen atoms in total. The molecule has 0 unspecified atom stereocenters. The number of fused-ring (bicyclic) bond motifs is 1. The minimum Gasteiger partial charge on any atom is -0.475 e. The lowest BCUT2D eigenvalue weighted by Gasteiger charge is -2.04. The van der Waals surface area contributed by atoms with Crippen LogP contribution in [0.5, 0.6) is 0 Å². The van der Waals surface area contributed by atoms with Crippen LogP contribution in [0.15, 0.2) is 70.2 Å². The second-order valence-electron chi connectivity index (χ2n) is 5.85. The molecular weight excluding hydrogens is 362 g/mol. The quantitative estimate of drug-likeness (QED) is 0.374. The van der Waals surface area contributed by atoms with Gasteiger partial charge in [-0.3, -0.25) is 5.43 Å². The van der Waals surface area contributed by atoms with Gasteiger partial charge in [0.2, 0.25) is 10.9 Å². The van der Waals surface area contributed by atoms with E-state index in [9.17, 15) is 4.79 Å². The van der Waals surface area contributed by atoms with Crippen LogP contribution in [-0.2, 0) is 0 Å². The van der Waals surface area contributed by atoms with E-state index in [4.69, 9.17) is 9.52 Å². The van der Waals surface area contributed by atoms with E-state index >= 15 is 0 Å². The first-order valence-electron chi connectivity index (χ1n) is 8.20. The number of furan rings is 1. The van der Waals surface area contributed by atoms with E-state index in [1.165, 1.54) is 6.07 Å². The second-order valence-corrected chi connectivity index (χ2v) is 6.88. The molecule has 0 bridgehead atoms. The van der Waals surface area contributed by atoms with Gasteiger partial charge in [-0.15, -0.1) is 0 Å². The van der Waals surface area contributed by atoms with Crippen molar-refractivity contribution in [2.24, 2.45) is 5.10 Å². The highest BCUT2D eigenvalue weighted by atomic mass is 32.1. The summed E-state index contributed by atoms with van der Waals surface area (Å²) in [7, 11) is 0. The van der Waals surface area contributed by atoms with Gasteiger partial charge < -0.3 is 9.52 Å². The summed E-state index contributed by atoms with van der Waals surface area (Å²) in [5, 5.41) is 14.1. The third-order valence-corrected chi connectivity index (χ3v) is 4.94. The highest BCUT2D eigenvalue weighted by Gasteiger charge is 2.11. The Morgan fingerprint density at radius 2 is 2.00 bits per heavy atom. The number of rotatable bonds is 5. The fraction of sp³-hybridized carbons (Fsp3) is 0.0500. The number of hydrogen-bond acceptors (Lipinski definition) is 6. The monoisotopic (exact) mass is 377 g/mol. The van der Waals surface area contributed by atoms with Crippen molar-refractivity contribution >= 4 is 38.4 Å². The molecule has 2 N–H and O–H groups in total. The zero-order chi connectivity index (χ0) is 18.8. The predicted molar refractivity (Wildman–Crippen MR) is 107 cm³/mol. The van der Waals surface area contributed by atoms with Gasteiger partial charge >= 0.3 is 5.97 Å². The molecule has 0 atom stereocenters. The lowest BCUT2D eigenvalue weighted by atomic mass is 10.1. The number of benzene rings is 2. The number of nitrogens with one attached hydrogen (secondary N) is 1. The van der Waals surface area contributed by atoms with Crippen molar-refractivity contribution in [2.45, 2.75) is 6.92 Å². The average molecular weight is 377 g/mol. The average Bonchev–Trinajstić information content (AvgIpc) is 3.33. The van der Waals surface area contributed by atoms with Crippen LogP contribution in [0.2, 0.25) is 0 Å². The first-order valence-corrected chi connectivity index (χ1v) is 9.01. The van der Waals surface area contributed by atoms with E-state index in [0.717, 1.165) is 32.2 Å². The topological polar surface area (TPSA) is 87.7 Å². The van der Waals surface area contributed by atoms with Crippen LogP contribution in [0.4, 0.5) is 5.13 Å². The first kappa shape index (κ1) is 17.0. The van der Waals surface area contributed by atoms with E-state index in [0.29, 0.717) is 5.76 Å². The van der Waals surface area contributed by atoms with Gasteiger partial charge in [-0.05, 0) is 42.8 Å². The van der Waals surface area contributed by atoms with Gasteiger partial charge in [-0.25, -0.2) is 9.78 Å². The fourth-order valence-electron chi connectivity index (χ4n) is 2.62. The maximum absolute atomic E-state index is 11.0. The van der Waals surface area contributed by atoms with E-state index in [1.807, 2.05) is 55.5 Å². The smallest absolute Gasteiger partial charge is 0.371 e. The van der Waals surface area contributed by atoms with Crippen LogP contribution in [0.1, 0.15) is 23.0 Å². The van der Waals surface area contributed by atoms with Crippen molar-refractivity contribution in [2.75, 3.05) is 5.43 Å². The molecule has 0 aliphatic heterocycles. The third kappa shape index (κ3) is 3.58. The zero-order valence-corrected chi connectivity index (χ0v) is 15.2. The van der Waals surface area contributed by atoms with Crippen molar-refractivity contribution in [3.8, 4) is 11.3 Å². The van der Waals surface area contributed by atoms with E-state index in [2.05, 4.69) is 15.5 Å². The number of nitrogens with zero attached hydrogens (tertiary/aromatic N) is 2. The minimum absolute atomic E-state index is 0.0849. The molecule has 4 rings (SSSR count). The molecule has 2 aromatic heterocycles. The Hall–Kier alpha value is -3.45. The maximum atomic E-state index is 11.0. The largest absolute Gasteiger partial charge is 0.475 e. The molecule has 2 heterocycles. The number of anilines is 1. The molecule has 0 saturated heterocycles. The van der Waals surface area contributed by atoms with Crippen LogP contribution in [0.25, 0.3) is 21.5 Å². The molecule has 0 aliphatic rings. The number of carbonyl (C=O) groups is 1. The van der Waals surface area contributed by atoms with Gasteiger partial charge in [0, 0.05) is 5.56 Å². The molecule has 0 saturated carbocycles. The van der Waals surface area contributed by atoms with Gasteiger partial charge in [-0.1, -0.05) is 41.7 Å². The summed E-state index contributed by atoms with van der Waals surface area (Å²) in [4.78, 5) is 15.5. The molecule has 0 fully saturated rings. The summed E-state index contributed by atoms with van der Waals surface area (Å²) in [6, 6.07) is 18.6. The lowest BCUT2D eigenvalue weighted by Crippen LogP contribution is -1.99. The number of thiazole rings is 1. The Balaban J connectivity index is 1.56. The Kier molecular flexibility index (Phi) is 4.43. The van der Waals surface area contributed by atoms with Crippen molar-refractivity contribution in [3.05, 3.63) is 72.0 Å². The summed E-state index contributed by atoms with van der Waals surface area (Å²) in [5.41, 5.74) is 6.40. The van der Waals surface area contributed by atoms with Crippen LogP contribution < -0.4 is 5.43 Å². The number of carboxylic acid groups (broad SMARTS) is 1. The third-order valence-electron chi connectivity index (χ3n) is 3.99. The van der Waals surface area contributed by atoms with Crippen LogP contribution >= 0.6 is 11.3 Å². The lowest BCUT2D eigenvalue weighted by molar-refractivity contribution is 0.0663. The van der Waals surface area contributed by atoms with Gasteiger partial charge in [0.1, 0.15) is 5.76 Å². The fourth-order valence-corrected chi connectivity index (χ4v) is 3.43. The Bertz CT molecular complexity index is 1130. The van der Waals surface area contributed by atoms with Crippen LogP contribution in [0.3, 0.4) is 0 Å². The van der Waals surface area contributed by atoms with Crippen LogP contribution in [-0.4, -0.2) is 21.8 Å². The summed E-state index contributed by atoms with van der Waals surface area (Å²) in [6.45, 7) is 1.89. The van der Waals surface area contributed by atoms with E-state index in [1.54, 1.807) is 17.4 Å². The maximum Gasteiger partial charge on any atom is 0.371 e. The van der Waals surface area contributed by atoms with Crippen molar-refractivity contribution in [3.63, 3.8) is 0 Å². The zero-order valence-electron chi connectivity index (χ0n) is 14.3. The molecule has 4 aromatic rings. The first-order chi connectivity index (χ1) is 13.1. The number of carboxylic acids is 1. The number of aromatic nitrogens is 1. The van der Waals surface area contributed by atoms with Gasteiger partial charge in [0.25, 0.3) is 0 Å². The second kappa shape index (κ2) is 7.05. The summed E-state index contributed by atoms with van der Waals surface area (Å²) in [6.07, 6.45) is 0. The summed E-state index contributed by atoms with van der Waals surface area (Å²) >= 11 is 1.54. The molecule has 0 aliphatic carbocycles. The minimum atomic E-state index is -1.09. The highest BCUT2D eigenvalue weighted by Crippen LogP contribution is 2.26. The number of aromatic carboxylic acids is 1. The number of hydrogen-bond donors (Lipinski definition) is 2. The molecule has 2 aromatic carbocycles. The normalized spacial score (nSPS) is 11.7. The predicted octanol–water partition coefficient (Wildman–Crippen LogP) is 5.09. The molecule has 0 amide bonds. The van der Waals surface area contributed by atoms with Gasteiger partial charge in [-0.2, -0.15) is 5.10 Å². The van der Waals surface area contributed by atoms with Crippen molar-refractivity contribution in [1.29, 1.82) is 0 Å². The van der Waals surface area contributed by atoms with Crippen LogP contribution in [0, 0.1) is 0 Å². The Labute approximate surface area is 158 Å². The molecule has 0 radical (unpaired) electrons. The number of para-hydroxylation sites is 1.